The van der Waals surface area contributed by atoms with Crippen molar-refractivity contribution in [2.75, 3.05) is 69.1 Å². The summed E-state index contributed by atoms with van der Waals surface area (Å²) < 4.78 is 190. The van der Waals surface area contributed by atoms with Crippen LogP contribution in [0.1, 0.15) is 153 Å². The maximum atomic E-state index is 14.3. The van der Waals surface area contributed by atoms with Crippen LogP contribution in [0.3, 0.4) is 0 Å². The number of carbonyl (C=O) groups excluding carboxylic acids is 6. The van der Waals surface area contributed by atoms with Crippen LogP contribution in [0.15, 0.2) is 60.7 Å². The SMILES string of the molecule is BrB(Br)Br.C#Cc1ccc(OC)c(F)c1CC.CCOC(=O)C#Cc1ccc(OC)c(F)c1CC.CCOC(=O)Cl.CCc1c(C=O)ccc(OC)c1F.COP(=O)(OC)C(=[N+]=[N-])C(C)=O.[2H]C([2H])(C(=O)OCC)C([2H])([2H])c1ccc(O)c(F)c1CC.[2H]C([2H])(C(=O)OCC)C([2H])([2H])c1ccc(OC)c(F)c1CC. The number of nitrogens with zero attached hydrogens (tertiary/aromatic N) is 2. The van der Waals surface area contributed by atoms with Gasteiger partial charge in [0.1, 0.15) is 6.29 Å². The number of phenolic OH excluding ortho intramolecular Hbond substituents is 1. The van der Waals surface area contributed by atoms with Crippen LogP contribution in [0.5, 0.6) is 28.7 Å². The fraction of sp³-hybridized carbons (Fsp3) is 0.414. The number of esters is 3. The summed E-state index contributed by atoms with van der Waals surface area (Å²) in [6.45, 7) is 16.5. The van der Waals surface area contributed by atoms with Crippen LogP contribution in [0.25, 0.3) is 5.53 Å². The second kappa shape index (κ2) is 56.0. The summed E-state index contributed by atoms with van der Waals surface area (Å²) in [4.78, 5) is 67.9. The van der Waals surface area contributed by atoms with Gasteiger partial charge < -0.3 is 57.6 Å². The standard InChI is InChI=1S/C14H19FO3.C14H15FO3.C13H17FO3.C11H11FO.C10H11FO2.C5H9N2O4P.C3H5ClO2.BBr3/c2*1-4-11-10(7-9-13(16)18-5-2)6-8-12(17-3)14(11)15;1-3-10-9(5-7-11(15)13(10)14)6-8-12(16)17-4-2;1-4-8-6-7-10(13-3)11(12)9(8)5-2;1-3-8-7(6-12)4-5-9(13-2)10(8)11;1-4(8)5(7-6)12(9,10-2)11-3;1-2-6-3(4)5;2-1(3)4/h6,8H,4-5,7,9H2,1-3H3;6,8H,4-5H2,1-3H3;5,7,15H,3-4,6,8H2,1-2H3;1,6-7H,5H2,2-3H3;4-6H,3H2,1-2H3;1-3H3;2H2,1H3;/i7D2,9D2;;6D2,8D2;;;;;. The van der Waals surface area contributed by atoms with Gasteiger partial charge in [-0.05, 0) is 143 Å². The molecule has 0 aliphatic rings. The Labute approximate surface area is 630 Å². The zero-order valence-corrected chi connectivity index (χ0v) is 64.9. The summed E-state index contributed by atoms with van der Waals surface area (Å²) in [6.07, 6.45) is -3.93. The number of halogens is 9. The molecule has 0 atom stereocenters. The molecular weight excluding hydrogens is 1570 g/mol. The quantitative estimate of drug-likeness (QED) is 0.00514. The number of rotatable bonds is 24. The Balaban J connectivity index is -0.00000122. The highest BCUT2D eigenvalue weighted by Crippen LogP contribution is 2.47. The number of Topliss-reactive ketones (excluding diaryl/α,β-unsaturated/α-hetero) is 1. The molecule has 0 saturated carbocycles. The van der Waals surface area contributed by atoms with Crippen LogP contribution in [0.2, 0.25) is 0 Å². The highest BCUT2D eigenvalue weighted by atomic mass is 79.9. The Hall–Kier alpha value is -7.59. The number of hydrogen-bond donors (Lipinski definition) is 1. The number of hydrogen-bond acceptors (Lipinski definition) is 18. The van der Waals surface area contributed by atoms with E-state index in [-0.39, 0.29) is 86.9 Å². The van der Waals surface area contributed by atoms with E-state index in [1.807, 2.05) is 13.8 Å². The number of aryl methyl sites for hydroxylation is 2. The molecule has 20 nitrogen and oxygen atoms in total. The van der Waals surface area contributed by atoms with Crippen molar-refractivity contribution in [1.82, 2.24) is 0 Å². The summed E-state index contributed by atoms with van der Waals surface area (Å²) in [7, 11) is 4.02. The molecule has 0 fully saturated rings. The van der Waals surface area contributed by atoms with Gasteiger partial charge >= 0.3 is 39.6 Å². The second-order valence-electron chi connectivity index (χ2n) is 18.1. The fourth-order valence-corrected chi connectivity index (χ4v) is 8.63. The van der Waals surface area contributed by atoms with Crippen LogP contribution < -0.4 is 18.9 Å². The van der Waals surface area contributed by atoms with Gasteiger partial charge in [0.2, 0.25) is 5.78 Å². The Bertz CT molecular complexity index is 4050. The Morgan fingerprint density at radius 3 is 1.27 bits per heavy atom. The number of carbonyl (C=O) groups is 6. The van der Waals surface area contributed by atoms with Gasteiger partial charge in [-0.3, -0.25) is 19.2 Å². The zero-order valence-electron chi connectivity index (χ0n) is 66.5. The van der Waals surface area contributed by atoms with Crippen LogP contribution in [0.4, 0.5) is 26.7 Å². The molecule has 0 aliphatic heterocycles. The maximum absolute atomic E-state index is 14.3. The minimum absolute atomic E-state index is 0.0301. The average Bonchev–Trinajstić information content (AvgIpc) is 0.760. The predicted octanol–water partition coefficient (Wildman–Crippen LogP) is 16.6. The number of methoxy groups -OCH3 is 4. The van der Waals surface area contributed by atoms with E-state index < -0.39 is 96.7 Å². The first-order chi connectivity index (χ1) is 50.9. The van der Waals surface area contributed by atoms with E-state index >= 15 is 0 Å². The Morgan fingerprint density at radius 2 is 0.941 bits per heavy atom. The lowest BCUT2D eigenvalue weighted by Crippen LogP contribution is -2.13. The molecule has 0 heterocycles. The lowest BCUT2D eigenvalue weighted by Gasteiger charge is -2.11. The van der Waals surface area contributed by atoms with Gasteiger partial charge in [0.15, 0.2) is 57.8 Å². The van der Waals surface area contributed by atoms with Crippen molar-refractivity contribution in [2.45, 2.75) is 127 Å². The first-order valence-electron chi connectivity index (χ1n) is 34.0. The lowest BCUT2D eigenvalue weighted by atomic mass is 10.00. The topological polar surface area (TPSA) is 268 Å². The first-order valence-corrected chi connectivity index (χ1v) is 34.6. The zero-order chi connectivity index (χ0) is 85.1. The molecule has 5 aromatic carbocycles. The van der Waals surface area contributed by atoms with Crippen molar-refractivity contribution in [3.8, 4) is 52.9 Å². The summed E-state index contributed by atoms with van der Waals surface area (Å²) in [5.74, 6) is 0.331. The summed E-state index contributed by atoms with van der Waals surface area (Å²) >= 11 is 14.0. The molecule has 0 aliphatic carbocycles. The third-order valence-corrected chi connectivity index (χ3v) is 14.1. The number of aromatic hydroxyl groups is 1. The second-order valence-corrected chi connectivity index (χ2v) is 27.0. The molecule has 0 unspecified atom stereocenters. The number of benzene rings is 5. The number of aldehydes is 1. The lowest BCUT2D eigenvalue weighted by molar-refractivity contribution is -0.144. The van der Waals surface area contributed by atoms with Crippen molar-refractivity contribution in [1.29, 1.82) is 0 Å². The molecule has 101 heavy (non-hydrogen) atoms. The van der Waals surface area contributed by atoms with Crippen molar-refractivity contribution in [3.63, 3.8) is 0 Å². The minimum Gasteiger partial charge on any atom is -0.505 e. The van der Waals surface area contributed by atoms with Gasteiger partial charge in [-0.2, -0.15) is 4.79 Å². The molecule has 31 heteroatoms. The van der Waals surface area contributed by atoms with E-state index in [2.05, 4.69) is 97.8 Å². The van der Waals surface area contributed by atoms with Crippen LogP contribution in [-0.4, -0.2) is 123 Å². The van der Waals surface area contributed by atoms with Crippen molar-refractivity contribution in [2.24, 2.45) is 0 Å². The minimum atomic E-state index is -3.70. The van der Waals surface area contributed by atoms with Gasteiger partial charge in [-0.25, -0.2) is 36.1 Å². The largest absolute Gasteiger partial charge is 0.505 e. The average molecular weight is 1660 g/mol. The van der Waals surface area contributed by atoms with E-state index in [4.69, 9.17) is 53.5 Å². The van der Waals surface area contributed by atoms with E-state index in [0.717, 1.165) is 33.3 Å². The first kappa shape index (κ1) is 82.4. The van der Waals surface area contributed by atoms with Crippen LogP contribution in [-0.2, 0) is 96.6 Å². The highest BCUT2D eigenvalue weighted by molar-refractivity contribution is 9.69. The molecule has 1 N–H and O–H groups in total. The van der Waals surface area contributed by atoms with E-state index in [0.29, 0.717) is 65.5 Å². The Kier molecular flexibility index (Phi) is 45.7. The molecule has 0 amide bonds. The van der Waals surface area contributed by atoms with Gasteiger partial charge in [-0.1, -0.05) is 58.6 Å². The number of phenols is 1. The molecule has 0 saturated heterocycles. The van der Waals surface area contributed by atoms with Crippen molar-refractivity contribution >= 4 is 111 Å². The van der Waals surface area contributed by atoms with Gasteiger partial charge in [0, 0.05) is 95.8 Å². The number of ketones is 1. The number of terminal acetylenes is 1. The fourth-order valence-electron chi connectivity index (χ4n) is 7.53. The monoisotopic (exact) mass is 1660 g/mol. The van der Waals surface area contributed by atoms with Crippen LogP contribution >= 0.6 is 66.5 Å². The summed E-state index contributed by atoms with van der Waals surface area (Å²) in [5.41, 5.74) is 9.09. The molecule has 556 valence electrons. The summed E-state index contributed by atoms with van der Waals surface area (Å²) in [5, 5.41) is 9.33. The van der Waals surface area contributed by atoms with Gasteiger partial charge in [-0.15, -0.1) is 53.7 Å². The smallest absolute Gasteiger partial charge is 0.446 e. The van der Waals surface area contributed by atoms with Crippen molar-refractivity contribution in [3.05, 3.63) is 151 Å². The normalized spacial score (nSPS) is 11.4. The van der Waals surface area contributed by atoms with Crippen molar-refractivity contribution < 1.29 is 123 Å². The van der Waals surface area contributed by atoms with Crippen LogP contribution in [0, 0.1) is 53.3 Å². The molecular formula is C70H87BBr3ClF5N2O18P. The summed E-state index contributed by atoms with van der Waals surface area (Å²) in [6, 6.07) is 13.8. The Morgan fingerprint density at radius 1 is 0.584 bits per heavy atom. The molecule has 0 bridgehead atoms. The van der Waals surface area contributed by atoms with Gasteiger partial charge in [0.25, 0.3) is 0 Å². The molecule has 0 radical (unpaired) electrons. The predicted molar refractivity (Wildman–Crippen MR) is 390 cm³/mol. The third kappa shape index (κ3) is 36.2. The third-order valence-electron chi connectivity index (χ3n) is 12.2. The molecule has 0 aromatic heterocycles. The maximum Gasteiger partial charge on any atom is 0.446 e. The molecule has 5 rings (SSSR count). The highest BCUT2D eigenvalue weighted by Gasteiger charge is 2.41. The molecule has 5 aromatic rings. The number of ether oxygens (including phenoxy) is 8. The van der Waals surface area contributed by atoms with E-state index in [1.165, 1.54) is 73.5 Å². The molecule has 0 spiro atoms. The van der Waals surface area contributed by atoms with Gasteiger partial charge in [0.05, 0.1) is 54.9 Å². The van der Waals surface area contributed by atoms with E-state index in [9.17, 15) is 60.4 Å². The van der Waals surface area contributed by atoms with E-state index in [1.54, 1.807) is 52.0 Å².